The number of nitrogens with zero attached hydrogens (tertiary/aromatic N) is 1. The summed E-state index contributed by atoms with van der Waals surface area (Å²) in [6.07, 6.45) is 2.48. The highest BCUT2D eigenvalue weighted by atomic mass is 32.2. The molecule has 5 nitrogen and oxygen atoms in total. The zero-order valence-electron chi connectivity index (χ0n) is 7.25. The lowest BCUT2D eigenvalue weighted by Gasteiger charge is -2.09. The highest BCUT2D eigenvalue weighted by Crippen LogP contribution is 2.28. The van der Waals surface area contributed by atoms with E-state index in [0.717, 1.165) is 0 Å². The van der Waals surface area contributed by atoms with Crippen LogP contribution in [0.1, 0.15) is 0 Å². The van der Waals surface area contributed by atoms with Crippen molar-refractivity contribution in [2.24, 2.45) is 0 Å². The van der Waals surface area contributed by atoms with Gasteiger partial charge in [-0.05, 0) is 0 Å². The molecule has 14 heavy (non-hydrogen) atoms. The van der Waals surface area contributed by atoms with Crippen LogP contribution in [-0.4, -0.2) is 46.4 Å². The van der Waals surface area contributed by atoms with Gasteiger partial charge in [0, 0.05) is 12.4 Å². The lowest BCUT2D eigenvalue weighted by molar-refractivity contribution is 0.207. The van der Waals surface area contributed by atoms with E-state index in [4.69, 9.17) is 0 Å². The quantitative estimate of drug-likeness (QED) is 0.731. The predicted octanol–water partition coefficient (Wildman–Crippen LogP) is -0.340. The van der Waals surface area contributed by atoms with Gasteiger partial charge in [-0.3, -0.25) is 0 Å². The molecule has 0 amide bonds. The molecule has 0 spiro atoms. The van der Waals surface area contributed by atoms with E-state index in [1.54, 1.807) is 12.4 Å². The second-order valence-corrected chi connectivity index (χ2v) is 6.58. The van der Waals surface area contributed by atoms with E-state index < -0.39 is 15.9 Å². The minimum absolute atomic E-state index is 0.0273. The van der Waals surface area contributed by atoms with E-state index in [9.17, 15) is 13.5 Å². The molecule has 0 bridgehead atoms. The summed E-state index contributed by atoms with van der Waals surface area (Å²) in [5.41, 5.74) is 0. The number of hydrogen-bond acceptors (Lipinski definition) is 5. The number of hydrogen-bond donors (Lipinski definition) is 2. The third-order valence-electron chi connectivity index (χ3n) is 2.01. The van der Waals surface area contributed by atoms with Gasteiger partial charge in [0.05, 0.1) is 22.9 Å². The van der Waals surface area contributed by atoms with Crippen molar-refractivity contribution in [2.75, 3.05) is 11.5 Å². The molecule has 0 radical (unpaired) electrons. The van der Waals surface area contributed by atoms with Gasteiger partial charge in [-0.25, -0.2) is 13.4 Å². The normalized spacial score (nSPS) is 30.6. The number of aliphatic hydroxyl groups excluding tert-OH is 1. The van der Waals surface area contributed by atoms with Gasteiger partial charge in [0.1, 0.15) is 0 Å². The van der Waals surface area contributed by atoms with Gasteiger partial charge < -0.3 is 10.1 Å². The minimum atomic E-state index is -3.06. The molecule has 0 saturated carbocycles. The maximum Gasteiger partial charge on any atom is 0.165 e. The van der Waals surface area contributed by atoms with Crippen LogP contribution in [0.5, 0.6) is 0 Å². The van der Waals surface area contributed by atoms with Crippen molar-refractivity contribution in [1.29, 1.82) is 0 Å². The lowest BCUT2D eigenvalue weighted by atomic mass is 10.3. The Balaban J connectivity index is 2.07. The van der Waals surface area contributed by atoms with Crippen molar-refractivity contribution >= 4 is 21.6 Å². The maximum atomic E-state index is 11.2. The van der Waals surface area contributed by atoms with Crippen molar-refractivity contribution in [2.45, 2.75) is 16.5 Å². The van der Waals surface area contributed by atoms with E-state index in [2.05, 4.69) is 9.97 Å². The van der Waals surface area contributed by atoms with Crippen LogP contribution in [0.15, 0.2) is 17.6 Å². The molecule has 1 aliphatic rings. The van der Waals surface area contributed by atoms with Gasteiger partial charge in [0.15, 0.2) is 15.0 Å². The maximum absolute atomic E-state index is 11.2. The zero-order chi connectivity index (χ0) is 10.2. The van der Waals surface area contributed by atoms with Crippen LogP contribution >= 0.6 is 11.8 Å². The summed E-state index contributed by atoms with van der Waals surface area (Å²) in [5.74, 6) is -0.106. The number of sulfone groups is 1. The fraction of sp³-hybridized carbons (Fsp3) is 0.571. The first-order chi connectivity index (χ1) is 6.57. The third kappa shape index (κ3) is 2.10. The summed E-state index contributed by atoms with van der Waals surface area (Å²) in [6, 6.07) is 0. The van der Waals surface area contributed by atoms with E-state index in [0.29, 0.717) is 5.16 Å². The second kappa shape index (κ2) is 3.56. The van der Waals surface area contributed by atoms with Gasteiger partial charge in [-0.15, -0.1) is 0 Å². The minimum Gasteiger partial charge on any atom is -0.391 e. The molecule has 1 aromatic heterocycles. The first-order valence-electron chi connectivity index (χ1n) is 4.11. The van der Waals surface area contributed by atoms with Crippen molar-refractivity contribution in [1.82, 2.24) is 9.97 Å². The van der Waals surface area contributed by atoms with Crippen LogP contribution in [0.2, 0.25) is 0 Å². The van der Waals surface area contributed by atoms with Crippen molar-refractivity contribution in [3.05, 3.63) is 12.4 Å². The number of aromatic nitrogens is 2. The molecule has 1 saturated heterocycles. The number of rotatable bonds is 2. The first-order valence-corrected chi connectivity index (χ1v) is 6.81. The molecule has 0 aromatic carbocycles. The number of H-pyrrole nitrogens is 1. The van der Waals surface area contributed by atoms with Crippen molar-refractivity contribution < 1.29 is 13.5 Å². The zero-order valence-corrected chi connectivity index (χ0v) is 8.88. The van der Waals surface area contributed by atoms with Gasteiger partial charge >= 0.3 is 0 Å². The molecule has 2 atom stereocenters. The average Bonchev–Trinajstić information content (AvgIpc) is 2.61. The molecule has 7 heteroatoms. The number of nitrogens with one attached hydrogen (secondary N) is 1. The molecule has 2 rings (SSSR count). The van der Waals surface area contributed by atoms with Crippen LogP contribution in [0.3, 0.4) is 0 Å². The smallest absolute Gasteiger partial charge is 0.165 e. The van der Waals surface area contributed by atoms with E-state index in [1.807, 2.05) is 0 Å². The average molecular weight is 234 g/mol. The Morgan fingerprint density at radius 1 is 1.57 bits per heavy atom. The highest BCUT2D eigenvalue weighted by Gasteiger charge is 2.37. The van der Waals surface area contributed by atoms with Crippen LogP contribution in [0.25, 0.3) is 0 Å². The predicted molar refractivity (Wildman–Crippen MR) is 52.9 cm³/mol. The molecule has 0 aliphatic carbocycles. The summed E-state index contributed by atoms with van der Waals surface area (Å²) in [6.45, 7) is 0. The molecular formula is C7H10N2O3S2. The first kappa shape index (κ1) is 10.0. The monoisotopic (exact) mass is 234 g/mol. The van der Waals surface area contributed by atoms with Gasteiger partial charge in [-0.1, -0.05) is 11.8 Å². The summed E-state index contributed by atoms with van der Waals surface area (Å²) >= 11 is 1.27. The van der Waals surface area contributed by atoms with E-state index in [-0.39, 0.29) is 16.8 Å². The molecule has 2 unspecified atom stereocenters. The summed E-state index contributed by atoms with van der Waals surface area (Å²) in [5, 5.41) is 9.83. The van der Waals surface area contributed by atoms with Crippen molar-refractivity contribution in [3.8, 4) is 0 Å². The van der Waals surface area contributed by atoms with Crippen LogP contribution in [0, 0.1) is 0 Å². The topological polar surface area (TPSA) is 83.1 Å². The number of thioether (sulfide) groups is 1. The summed E-state index contributed by atoms with van der Waals surface area (Å²) in [7, 11) is -3.06. The van der Waals surface area contributed by atoms with Gasteiger partial charge in [0.2, 0.25) is 0 Å². The van der Waals surface area contributed by atoms with Gasteiger partial charge in [-0.2, -0.15) is 0 Å². The highest BCUT2D eigenvalue weighted by molar-refractivity contribution is 8.01. The fourth-order valence-electron chi connectivity index (χ4n) is 1.37. The van der Waals surface area contributed by atoms with Crippen LogP contribution in [0.4, 0.5) is 0 Å². The van der Waals surface area contributed by atoms with Crippen molar-refractivity contribution in [3.63, 3.8) is 0 Å². The van der Waals surface area contributed by atoms with Crippen LogP contribution in [-0.2, 0) is 9.84 Å². The van der Waals surface area contributed by atoms with Gasteiger partial charge in [0.25, 0.3) is 0 Å². The molecule has 2 N–H and O–H groups in total. The molecule has 1 fully saturated rings. The Hall–Kier alpha value is -0.530. The Kier molecular flexibility index (Phi) is 2.54. The third-order valence-corrected chi connectivity index (χ3v) is 5.17. The number of aliphatic hydroxyl groups is 1. The molecule has 78 valence electrons. The number of imidazole rings is 1. The largest absolute Gasteiger partial charge is 0.391 e. The summed E-state index contributed by atoms with van der Waals surface area (Å²) < 4.78 is 22.4. The van der Waals surface area contributed by atoms with Crippen LogP contribution < -0.4 is 0 Å². The lowest BCUT2D eigenvalue weighted by Crippen LogP contribution is -2.20. The second-order valence-electron chi connectivity index (χ2n) is 3.19. The molecule has 1 aromatic rings. The molecule has 1 aliphatic heterocycles. The standard InChI is InChI=1S/C7H10N2O3S2/c10-5-3-14(11,12)4-6(5)13-7-8-1-2-9-7/h1-2,5-6,10H,3-4H2,(H,8,9). The Morgan fingerprint density at radius 3 is 2.86 bits per heavy atom. The number of aromatic amines is 1. The molecule has 2 heterocycles. The Bertz CT molecular complexity index is 401. The Labute approximate surface area is 85.9 Å². The SMILES string of the molecule is O=S1(=O)CC(O)C(Sc2ncc[nH]2)C1. The van der Waals surface area contributed by atoms with E-state index in [1.165, 1.54) is 11.8 Å². The fourth-order valence-corrected chi connectivity index (χ4v) is 4.79. The molecular weight excluding hydrogens is 224 g/mol. The summed E-state index contributed by atoms with van der Waals surface area (Å²) in [4.78, 5) is 6.82. The Morgan fingerprint density at radius 2 is 2.36 bits per heavy atom. The van der Waals surface area contributed by atoms with E-state index >= 15 is 0 Å².